The summed E-state index contributed by atoms with van der Waals surface area (Å²) >= 11 is 0. The predicted octanol–water partition coefficient (Wildman–Crippen LogP) is 2.34. The number of rotatable bonds is 7. The predicted molar refractivity (Wildman–Crippen MR) is 115 cm³/mol. The van der Waals surface area contributed by atoms with E-state index in [1.165, 1.54) is 12.5 Å². The number of hydrogen-bond donors (Lipinski definition) is 1. The first kappa shape index (κ1) is 21.2. The number of fused-ring (bicyclic) bond motifs is 1. The van der Waals surface area contributed by atoms with E-state index in [4.69, 9.17) is 4.42 Å². The third-order valence-electron chi connectivity index (χ3n) is 5.46. The molecule has 1 aliphatic heterocycles. The van der Waals surface area contributed by atoms with Gasteiger partial charge in [-0.05, 0) is 37.5 Å². The standard InChI is InChI=1S/C22H25N3O5S/c26-21(23-13-17-7-6-12-30-17)16-31(28,29)20-14-25(19-9-3-2-8-18(19)20)15-22(27)24-10-4-1-5-11-24/h2-3,6-9,12,14H,1,4-5,10-11,13,15-16H2,(H,23,26). The molecule has 1 aliphatic rings. The Hall–Kier alpha value is -3.07. The summed E-state index contributed by atoms with van der Waals surface area (Å²) in [5, 5.41) is 3.07. The van der Waals surface area contributed by atoms with Crippen LogP contribution in [-0.4, -0.2) is 48.5 Å². The van der Waals surface area contributed by atoms with Gasteiger partial charge in [-0.2, -0.15) is 0 Å². The summed E-state index contributed by atoms with van der Waals surface area (Å²) in [4.78, 5) is 26.9. The van der Waals surface area contributed by atoms with Gasteiger partial charge in [0.25, 0.3) is 0 Å². The molecule has 4 rings (SSSR count). The second-order valence-corrected chi connectivity index (χ2v) is 9.65. The molecule has 9 heteroatoms. The Bertz CT molecular complexity index is 1180. The van der Waals surface area contributed by atoms with Crippen LogP contribution in [0.4, 0.5) is 0 Å². The van der Waals surface area contributed by atoms with E-state index in [2.05, 4.69) is 5.32 Å². The zero-order valence-corrected chi connectivity index (χ0v) is 17.9. The lowest BCUT2D eigenvalue weighted by Crippen LogP contribution is -2.37. The molecule has 0 saturated carbocycles. The highest BCUT2D eigenvalue weighted by Gasteiger charge is 2.25. The van der Waals surface area contributed by atoms with Gasteiger partial charge < -0.3 is 19.2 Å². The van der Waals surface area contributed by atoms with E-state index in [-0.39, 0.29) is 23.9 Å². The number of carbonyl (C=O) groups excluding carboxylic acids is 2. The first-order valence-electron chi connectivity index (χ1n) is 10.3. The number of amides is 2. The quantitative estimate of drug-likeness (QED) is 0.604. The molecule has 31 heavy (non-hydrogen) atoms. The molecule has 0 bridgehead atoms. The topological polar surface area (TPSA) is 102 Å². The summed E-state index contributed by atoms with van der Waals surface area (Å²) in [6.45, 7) is 1.66. The molecule has 2 aromatic heterocycles. The maximum Gasteiger partial charge on any atom is 0.242 e. The average Bonchev–Trinajstić information content (AvgIpc) is 3.41. The fraction of sp³-hybridized carbons (Fsp3) is 0.364. The molecule has 1 aromatic carbocycles. The van der Waals surface area contributed by atoms with Crippen LogP contribution >= 0.6 is 0 Å². The van der Waals surface area contributed by atoms with Crippen molar-refractivity contribution in [1.29, 1.82) is 0 Å². The molecule has 0 aliphatic carbocycles. The zero-order chi connectivity index (χ0) is 21.8. The van der Waals surface area contributed by atoms with E-state index in [9.17, 15) is 18.0 Å². The van der Waals surface area contributed by atoms with E-state index < -0.39 is 21.5 Å². The lowest BCUT2D eigenvalue weighted by Gasteiger charge is -2.27. The highest BCUT2D eigenvalue weighted by atomic mass is 32.2. The Morgan fingerprint density at radius 3 is 2.55 bits per heavy atom. The first-order valence-corrected chi connectivity index (χ1v) is 12.0. The Morgan fingerprint density at radius 1 is 1.03 bits per heavy atom. The Morgan fingerprint density at radius 2 is 1.81 bits per heavy atom. The summed E-state index contributed by atoms with van der Waals surface area (Å²) < 4.78 is 32.9. The number of piperidine rings is 1. The van der Waals surface area contributed by atoms with Crippen molar-refractivity contribution in [3.63, 3.8) is 0 Å². The molecular weight excluding hydrogens is 418 g/mol. The van der Waals surface area contributed by atoms with E-state index in [0.29, 0.717) is 16.7 Å². The van der Waals surface area contributed by atoms with Crippen LogP contribution in [0, 0.1) is 0 Å². The van der Waals surface area contributed by atoms with E-state index in [1.54, 1.807) is 41.0 Å². The van der Waals surface area contributed by atoms with Crippen molar-refractivity contribution in [2.45, 2.75) is 37.2 Å². The van der Waals surface area contributed by atoms with Gasteiger partial charge in [-0.15, -0.1) is 0 Å². The second-order valence-electron chi connectivity index (χ2n) is 7.70. The number of likely N-dealkylation sites (tertiary alicyclic amines) is 1. The lowest BCUT2D eigenvalue weighted by molar-refractivity contribution is -0.132. The molecule has 3 heterocycles. The van der Waals surface area contributed by atoms with Crippen molar-refractivity contribution in [2.75, 3.05) is 18.8 Å². The Kier molecular flexibility index (Phi) is 6.13. The van der Waals surface area contributed by atoms with Crippen molar-refractivity contribution in [3.8, 4) is 0 Å². The molecule has 0 spiro atoms. The summed E-state index contributed by atoms with van der Waals surface area (Å²) in [6, 6.07) is 10.4. The number of nitrogens with one attached hydrogen (secondary N) is 1. The van der Waals surface area contributed by atoms with Gasteiger partial charge >= 0.3 is 0 Å². The second kappa shape index (κ2) is 8.97. The number of furan rings is 1. The van der Waals surface area contributed by atoms with E-state index >= 15 is 0 Å². The molecule has 0 radical (unpaired) electrons. The van der Waals surface area contributed by atoms with Crippen molar-refractivity contribution < 1.29 is 22.4 Å². The Balaban J connectivity index is 1.53. The van der Waals surface area contributed by atoms with E-state index in [0.717, 1.165) is 32.4 Å². The molecule has 8 nitrogen and oxygen atoms in total. The fourth-order valence-electron chi connectivity index (χ4n) is 3.88. The van der Waals surface area contributed by atoms with Crippen molar-refractivity contribution in [1.82, 2.24) is 14.8 Å². The maximum absolute atomic E-state index is 13.0. The van der Waals surface area contributed by atoms with Gasteiger partial charge in [-0.25, -0.2) is 8.42 Å². The van der Waals surface area contributed by atoms with Gasteiger partial charge in [0, 0.05) is 30.2 Å². The molecule has 0 atom stereocenters. The molecule has 1 N–H and O–H groups in total. The Labute approximate surface area is 180 Å². The number of benzene rings is 1. The van der Waals surface area contributed by atoms with Crippen LogP contribution in [0.5, 0.6) is 0 Å². The van der Waals surface area contributed by atoms with Gasteiger partial charge in [0.15, 0.2) is 9.84 Å². The fourth-order valence-corrected chi connectivity index (χ4v) is 5.28. The SMILES string of the molecule is O=C(CS(=O)(=O)c1cn(CC(=O)N2CCCCC2)c2ccccc12)NCc1ccco1. The third-order valence-corrected chi connectivity index (χ3v) is 7.10. The molecule has 1 fully saturated rings. The lowest BCUT2D eigenvalue weighted by atomic mass is 10.1. The number of aromatic nitrogens is 1. The molecule has 1 saturated heterocycles. The number of sulfone groups is 1. The van der Waals surface area contributed by atoms with Crippen LogP contribution < -0.4 is 5.32 Å². The number of nitrogens with zero attached hydrogens (tertiary/aromatic N) is 2. The minimum atomic E-state index is -3.91. The van der Waals surface area contributed by atoms with Crippen LogP contribution in [0.1, 0.15) is 25.0 Å². The van der Waals surface area contributed by atoms with Gasteiger partial charge in [0.05, 0.1) is 17.7 Å². The van der Waals surface area contributed by atoms with Gasteiger partial charge in [0.1, 0.15) is 18.1 Å². The first-order chi connectivity index (χ1) is 14.9. The van der Waals surface area contributed by atoms with Crippen LogP contribution in [0.2, 0.25) is 0 Å². The highest BCUT2D eigenvalue weighted by molar-refractivity contribution is 7.92. The molecule has 2 amide bonds. The van der Waals surface area contributed by atoms with E-state index in [1.807, 2.05) is 4.90 Å². The molecule has 164 valence electrons. The molecular formula is C22H25N3O5S. The minimum Gasteiger partial charge on any atom is -0.467 e. The number of hydrogen-bond acceptors (Lipinski definition) is 5. The largest absolute Gasteiger partial charge is 0.467 e. The summed E-state index contributed by atoms with van der Waals surface area (Å²) in [5.41, 5.74) is 0.655. The summed E-state index contributed by atoms with van der Waals surface area (Å²) in [5.74, 6) is -0.779. The van der Waals surface area contributed by atoms with Crippen LogP contribution in [0.3, 0.4) is 0 Å². The van der Waals surface area contributed by atoms with Gasteiger partial charge in [-0.3, -0.25) is 9.59 Å². The van der Waals surface area contributed by atoms with Crippen molar-refractivity contribution in [3.05, 3.63) is 54.6 Å². The van der Waals surface area contributed by atoms with Crippen molar-refractivity contribution >= 4 is 32.6 Å². The monoisotopic (exact) mass is 443 g/mol. The normalized spacial score (nSPS) is 14.6. The average molecular weight is 444 g/mol. The molecule has 3 aromatic rings. The number of para-hydroxylation sites is 1. The van der Waals surface area contributed by atoms with Gasteiger partial charge in [-0.1, -0.05) is 18.2 Å². The number of carbonyl (C=O) groups is 2. The van der Waals surface area contributed by atoms with Gasteiger partial charge in [0.2, 0.25) is 11.8 Å². The van der Waals surface area contributed by atoms with Crippen LogP contribution in [0.15, 0.2) is 58.2 Å². The zero-order valence-electron chi connectivity index (χ0n) is 17.1. The third kappa shape index (κ3) is 4.82. The van der Waals surface area contributed by atoms with Crippen molar-refractivity contribution in [2.24, 2.45) is 0 Å². The molecule has 0 unspecified atom stereocenters. The van der Waals surface area contributed by atoms with Crippen LogP contribution in [0.25, 0.3) is 10.9 Å². The summed E-state index contributed by atoms with van der Waals surface area (Å²) in [6.07, 6.45) is 6.07. The summed E-state index contributed by atoms with van der Waals surface area (Å²) in [7, 11) is -3.91. The van der Waals surface area contributed by atoms with Crippen LogP contribution in [-0.2, 0) is 32.5 Å². The smallest absolute Gasteiger partial charge is 0.242 e. The highest BCUT2D eigenvalue weighted by Crippen LogP contribution is 2.26. The maximum atomic E-state index is 13.0. The minimum absolute atomic E-state index is 0.0272.